The first kappa shape index (κ1) is 15.1. The summed E-state index contributed by atoms with van der Waals surface area (Å²) >= 11 is 0. The molecular formula is C16H26N2O2. The molecule has 2 unspecified atom stereocenters. The number of piperazine rings is 1. The Hall–Kier alpha value is -1.32. The maximum Gasteiger partial charge on any atom is 0.249 e. The fourth-order valence-electron chi connectivity index (χ4n) is 2.96. The smallest absolute Gasteiger partial charge is 0.249 e. The molecule has 1 aliphatic carbocycles. The van der Waals surface area contributed by atoms with Crippen LogP contribution in [0.5, 0.6) is 0 Å². The standard InChI is InChI=1S/C16H26N2O2/c1-5-6-13-14(19)17-16(4,12-7-8-12)15(20)18(13)10-9-11(2)3/h9,12-13H,5-8,10H2,1-4H3,(H,17,19). The summed E-state index contributed by atoms with van der Waals surface area (Å²) < 4.78 is 0. The Kier molecular flexibility index (Phi) is 4.21. The van der Waals surface area contributed by atoms with Crippen LogP contribution in [0.2, 0.25) is 0 Å². The van der Waals surface area contributed by atoms with E-state index in [0.29, 0.717) is 12.5 Å². The summed E-state index contributed by atoms with van der Waals surface area (Å²) in [5.74, 6) is 0.425. The van der Waals surface area contributed by atoms with E-state index < -0.39 is 5.54 Å². The molecule has 0 aromatic carbocycles. The van der Waals surface area contributed by atoms with Crippen LogP contribution in [0.15, 0.2) is 11.6 Å². The lowest BCUT2D eigenvalue weighted by molar-refractivity contribution is -0.154. The second-order valence-corrected chi connectivity index (χ2v) is 6.51. The third-order valence-corrected chi connectivity index (χ3v) is 4.42. The number of nitrogens with zero attached hydrogens (tertiary/aromatic N) is 1. The highest BCUT2D eigenvalue weighted by molar-refractivity contribution is 6.00. The molecule has 112 valence electrons. The Morgan fingerprint density at radius 2 is 2.05 bits per heavy atom. The van der Waals surface area contributed by atoms with Gasteiger partial charge in [-0.15, -0.1) is 0 Å². The summed E-state index contributed by atoms with van der Waals surface area (Å²) in [6, 6.07) is -0.310. The summed E-state index contributed by atoms with van der Waals surface area (Å²) in [5.41, 5.74) is 0.490. The van der Waals surface area contributed by atoms with Gasteiger partial charge < -0.3 is 10.2 Å². The molecule has 1 N–H and O–H groups in total. The van der Waals surface area contributed by atoms with E-state index in [1.165, 1.54) is 5.57 Å². The molecule has 0 aromatic rings. The summed E-state index contributed by atoms with van der Waals surface area (Å²) in [4.78, 5) is 27.0. The number of hydrogen-bond acceptors (Lipinski definition) is 2. The van der Waals surface area contributed by atoms with Crippen LogP contribution in [0.1, 0.15) is 53.4 Å². The lowest BCUT2D eigenvalue weighted by atomic mass is 9.88. The minimum atomic E-state index is -0.684. The molecule has 0 aromatic heterocycles. The predicted octanol–water partition coefficient (Wildman–Crippen LogP) is 2.25. The number of nitrogens with one attached hydrogen (secondary N) is 1. The van der Waals surface area contributed by atoms with Crippen LogP contribution in [0.3, 0.4) is 0 Å². The Labute approximate surface area is 121 Å². The molecule has 0 radical (unpaired) electrons. The molecule has 2 atom stereocenters. The molecule has 2 fully saturated rings. The van der Waals surface area contributed by atoms with Crippen molar-refractivity contribution in [3.63, 3.8) is 0 Å². The molecule has 1 saturated heterocycles. The zero-order valence-corrected chi connectivity index (χ0v) is 13.0. The van der Waals surface area contributed by atoms with Gasteiger partial charge in [0.05, 0.1) is 0 Å². The molecular weight excluding hydrogens is 252 g/mol. The van der Waals surface area contributed by atoms with Crippen molar-refractivity contribution in [1.82, 2.24) is 10.2 Å². The van der Waals surface area contributed by atoms with Gasteiger partial charge in [0.25, 0.3) is 0 Å². The highest BCUT2D eigenvalue weighted by Crippen LogP contribution is 2.42. The summed E-state index contributed by atoms with van der Waals surface area (Å²) in [6.45, 7) is 8.52. The largest absolute Gasteiger partial charge is 0.340 e. The van der Waals surface area contributed by atoms with Crippen molar-refractivity contribution in [2.45, 2.75) is 65.0 Å². The van der Waals surface area contributed by atoms with Gasteiger partial charge in [0.15, 0.2) is 0 Å². The summed E-state index contributed by atoms with van der Waals surface area (Å²) in [6.07, 6.45) is 5.74. The molecule has 4 heteroatoms. The third kappa shape index (κ3) is 2.74. The van der Waals surface area contributed by atoms with E-state index in [1.807, 2.05) is 33.8 Å². The maximum atomic E-state index is 12.9. The monoisotopic (exact) mass is 278 g/mol. The van der Waals surface area contributed by atoms with E-state index in [1.54, 1.807) is 4.90 Å². The molecule has 0 spiro atoms. The molecule has 1 saturated carbocycles. The zero-order valence-electron chi connectivity index (χ0n) is 13.0. The van der Waals surface area contributed by atoms with Gasteiger partial charge in [-0.2, -0.15) is 0 Å². The van der Waals surface area contributed by atoms with Crippen LogP contribution in [0.4, 0.5) is 0 Å². The van der Waals surface area contributed by atoms with E-state index in [4.69, 9.17) is 0 Å². The van der Waals surface area contributed by atoms with Gasteiger partial charge in [0.2, 0.25) is 11.8 Å². The molecule has 1 heterocycles. The minimum Gasteiger partial charge on any atom is -0.340 e. The zero-order chi connectivity index (χ0) is 14.9. The van der Waals surface area contributed by atoms with Crippen molar-refractivity contribution >= 4 is 11.8 Å². The van der Waals surface area contributed by atoms with Crippen LogP contribution < -0.4 is 5.32 Å². The molecule has 2 aliphatic rings. The molecule has 4 nitrogen and oxygen atoms in total. The van der Waals surface area contributed by atoms with Gasteiger partial charge in [-0.05, 0) is 46.0 Å². The predicted molar refractivity (Wildman–Crippen MR) is 79.1 cm³/mol. The van der Waals surface area contributed by atoms with Crippen LogP contribution in [-0.4, -0.2) is 34.8 Å². The molecule has 2 amide bonds. The van der Waals surface area contributed by atoms with Gasteiger partial charge in [0.1, 0.15) is 11.6 Å². The first-order valence-electron chi connectivity index (χ1n) is 7.66. The van der Waals surface area contributed by atoms with Gasteiger partial charge in [0, 0.05) is 6.54 Å². The number of amides is 2. The van der Waals surface area contributed by atoms with Crippen molar-refractivity contribution in [2.75, 3.05) is 6.54 Å². The van der Waals surface area contributed by atoms with Gasteiger partial charge in [-0.1, -0.05) is 25.0 Å². The fraction of sp³-hybridized carbons (Fsp3) is 0.750. The van der Waals surface area contributed by atoms with E-state index >= 15 is 0 Å². The van der Waals surface area contributed by atoms with Crippen molar-refractivity contribution in [3.8, 4) is 0 Å². The number of allylic oxidation sites excluding steroid dienone is 1. The van der Waals surface area contributed by atoms with E-state index in [-0.39, 0.29) is 17.9 Å². The van der Waals surface area contributed by atoms with Gasteiger partial charge in [-0.25, -0.2) is 0 Å². The van der Waals surface area contributed by atoms with Crippen molar-refractivity contribution in [2.24, 2.45) is 5.92 Å². The molecule has 1 aliphatic heterocycles. The normalized spacial score (nSPS) is 30.2. The molecule has 2 rings (SSSR count). The SMILES string of the molecule is CCCC1C(=O)NC(C)(C2CC2)C(=O)N1CC=C(C)C. The fourth-order valence-corrected chi connectivity index (χ4v) is 2.96. The van der Waals surface area contributed by atoms with Crippen LogP contribution in [0.25, 0.3) is 0 Å². The topological polar surface area (TPSA) is 49.4 Å². The van der Waals surface area contributed by atoms with E-state index in [0.717, 1.165) is 25.7 Å². The summed E-state index contributed by atoms with van der Waals surface area (Å²) in [7, 11) is 0. The second-order valence-electron chi connectivity index (χ2n) is 6.51. The van der Waals surface area contributed by atoms with Crippen LogP contribution in [0, 0.1) is 5.92 Å². The number of rotatable bonds is 5. The highest BCUT2D eigenvalue weighted by atomic mass is 16.2. The van der Waals surface area contributed by atoms with Crippen molar-refractivity contribution in [3.05, 3.63) is 11.6 Å². The van der Waals surface area contributed by atoms with E-state index in [2.05, 4.69) is 5.32 Å². The lowest BCUT2D eigenvalue weighted by Gasteiger charge is -2.44. The average molecular weight is 278 g/mol. The number of carbonyl (C=O) groups excluding carboxylic acids is 2. The minimum absolute atomic E-state index is 0.0167. The first-order chi connectivity index (χ1) is 9.40. The lowest BCUT2D eigenvalue weighted by Crippen LogP contribution is -2.70. The number of hydrogen-bond donors (Lipinski definition) is 1. The first-order valence-corrected chi connectivity index (χ1v) is 7.66. The molecule has 20 heavy (non-hydrogen) atoms. The Balaban J connectivity index is 2.25. The summed E-state index contributed by atoms with van der Waals surface area (Å²) in [5, 5.41) is 3.01. The van der Waals surface area contributed by atoms with Crippen LogP contribution in [-0.2, 0) is 9.59 Å². The van der Waals surface area contributed by atoms with Gasteiger partial charge >= 0.3 is 0 Å². The Morgan fingerprint density at radius 3 is 2.55 bits per heavy atom. The quantitative estimate of drug-likeness (QED) is 0.784. The Morgan fingerprint density at radius 1 is 1.40 bits per heavy atom. The average Bonchev–Trinajstić information content (AvgIpc) is 3.19. The Bertz CT molecular complexity index is 436. The molecule has 0 bridgehead atoms. The van der Waals surface area contributed by atoms with Crippen LogP contribution >= 0.6 is 0 Å². The third-order valence-electron chi connectivity index (χ3n) is 4.42. The van der Waals surface area contributed by atoms with E-state index in [9.17, 15) is 9.59 Å². The highest BCUT2D eigenvalue weighted by Gasteiger charge is 2.54. The van der Waals surface area contributed by atoms with Crippen molar-refractivity contribution in [1.29, 1.82) is 0 Å². The number of carbonyl (C=O) groups is 2. The van der Waals surface area contributed by atoms with Gasteiger partial charge in [-0.3, -0.25) is 9.59 Å². The second kappa shape index (κ2) is 5.58. The van der Waals surface area contributed by atoms with Crippen molar-refractivity contribution < 1.29 is 9.59 Å². The maximum absolute atomic E-state index is 12.9.